The Morgan fingerprint density at radius 2 is 1.80 bits per heavy atom. The number of hydrogen-bond donors (Lipinski definition) is 2. The highest BCUT2D eigenvalue weighted by atomic mass is 19.1. The number of aromatic nitrogens is 1. The minimum atomic E-state index is -0.308. The Balaban J connectivity index is 1.57. The summed E-state index contributed by atoms with van der Waals surface area (Å²) in [6, 6.07) is 13.6. The molecule has 0 saturated heterocycles. The van der Waals surface area contributed by atoms with Gasteiger partial charge in [0.1, 0.15) is 5.82 Å². The summed E-state index contributed by atoms with van der Waals surface area (Å²) >= 11 is 0. The van der Waals surface area contributed by atoms with Crippen LogP contribution in [0.15, 0.2) is 53.3 Å². The van der Waals surface area contributed by atoms with E-state index in [2.05, 4.69) is 10.3 Å². The van der Waals surface area contributed by atoms with Gasteiger partial charge in [0.05, 0.1) is 6.42 Å². The molecular formula is C20H19FN2O2. The molecule has 0 bridgehead atoms. The smallest absolute Gasteiger partial charge is 0.251 e. The van der Waals surface area contributed by atoms with Crippen LogP contribution in [0.2, 0.25) is 0 Å². The molecule has 3 rings (SSSR count). The van der Waals surface area contributed by atoms with Gasteiger partial charge in [0.25, 0.3) is 5.56 Å². The molecule has 1 heterocycles. The Morgan fingerprint density at radius 3 is 2.56 bits per heavy atom. The Morgan fingerprint density at radius 1 is 1.08 bits per heavy atom. The van der Waals surface area contributed by atoms with E-state index in [4.69, 9.17) is 0 Å². The summed E-state index contributed by atoms with van der Waals surface area (Å²) in [6.07, 6.45) is 0.932. The van der Waals surface area contributed by atoms with E-state index in [1.807, 2.05) is 24.3 Å². The molecule has 0 fully saturated rings. The third kappa shape index (κ3) is 4.32. The van der Waals surface area contributed by atoms with Gasteiger partial charge in [0, 0.05) is 17.6 Å². The maximum atomic E-state index is 12.9. The number of rotatable bonds is 5. The van der Waals surface area contributed by atoms with Crippen LogP contribution in [0.5, 0.6) is 0 Å². The fraction of sp³-hybridized carbons (Fsp3) is 0.200. The Bertz CT molecular complexity index is 962. The van der Waals surface area contributed by atoms with E-state index in [0.29, 0.717) is 18.5 Å². The first kappa shape index (κ1) is 16.9. The number of H-pyrrole nitrogens is 1. The minimum absolute atomic E-state index is 0.0756. The van der Waals surface area contributed by atoms with Gasteiger partial charge in [-0.3, -0.25) is 9.59 Å². The van der Waals surface area contributed by atoms with Gasteiger partial charge in [0.2, 0.25) is 5.91 Å². The molecule has 5 heteroatoms. The second-order valence-electron chi connectivity index (χ2n) is 6.11. The highest BCUT2D eigenvalue weighted by Crippen LogP contribution is 2.14. The zero-order chi connectivity index (χ0) is 17.8. The molecule has 0 unspecified atom stereocenters. The number of fused-ring (bicyclic) bond motifs is 1. The van der Waals surface area contributed by atoms with Crippen molar-refractivity contribution in [2.45, 2.75) is 19.8 Å². The van der Waals surface area contributed by atoms with Gasteiger partial charge in [-0.05, 0) is 60.2 Å². The number of hydrogen-bond acceptors (Lipinski definition) is 2. The molecule has 0 radical (unpaired) electrons. The van der Waals surface area contributed by atoms with Gasteiger partial charge in [-0.15, -0.1) is 0 Å². The quantitative estimate of drug-likeness (QED) is 0.751. The standard InChI is InChI=1S/C20H19FN2O2/c1-13-10-16-11-15(4-7-18(16)23-20(13)25)8-9-22-19(24)12-14-2-5-17(21)6-3-14/h2-7,10-11H,8-9,12H2,1H3,(H,22,24)(H,23,25). The molecule has 4 nitrogen and oxygen atoms in total. The van der Waals surface area contributed by atoms with E-state index in [1.165, 1.54) is 12.1 Å². The number of carbonyl (C=O) groups is 1. The van der Waals surface area contributed by atoms with Gasteiger partial charge in [0.15, 0.2) is 0 Å². The van der Waals surface area contributed by atoms with Gasteiger partial charge in [-0.25, -0.2) is 4.39 Å². The number of aromatic amines is 1. The van der Waals surface area contributed by atoms with Crippen molar-refractivity contribution in [3.05, 3.63) is 81.4 Å². The molecule has 2 N–H and O–H groups in total. The first-order chi connectivity index (χ1) is 12.0. The lowest BCUT2D eigenvalue weighted by atomic mass is 10.1. The molecule has 0 aliphatic rings. The van der Waals surface area contributed by atoms with Crippen LogP contribution in [0.3, 0.4) is 0 Å². The van der Waals surface area contributed by atoms with E-state index in [1.54, 1.807) is 19.1 Å². The highest BCUT2D eigenvalue weighted by molar-refractivity contribution is 5.80. The summed E-state index contributed by atoms with van der Waals surface area (Å²) in [5.74, 6) is -0.399. The number of benzene rings is 2. The fourth-order valence-corrected chi connectivity index (χ4v) is 2.72. The predicted molar refractivity (Wildman–Crippen MR) is 96.1 cm³/mol. The first-order valence-electron chi connectivity index (χ1n) is 8.15. The van der Waals surface area contributed by atoms with Crippen molar-refractivity contribution in [3.8, 4) is 0 Å². The van der Waals surface area contributed by atoms with Crippen molar-refractivity contribution in [1.29, 1.82) is 0 Å². The van der Waals surface area contributed by atoms with Crippen LogP contribution in [0.1, 0.15) is 16.7 Å². The molecule has 0 aliphatic heterocycles. The number of halogens is 1. The van der Waals surface area contributed by atoms with Crippen LogP contribution in [-0.4, -0.2) is 17.4 Å². The molecule has 1 amide bonds. The van der Waals surface area contributed by atoms with E-state index < -0.39 is 0 Å². The minimum Gasteiger partial charge on any atom is -0.355 e. The van der Waals surface area contributed by atoms with Crippen molar-refractivity contribution in [2.75, 3.05) is 6.54 Å². The molecule has 0 spiro atoms. The predicted octanol–water partition coefficient (Wildman–Crippen LogP) is 2.88. The third-order valence-electron chi connectivity index (χ3n) is 4.11. The summed E-state index contributed by atoms with van der Waals surface area (Å²) in [5.41, 5.74) is 3.27. The zero-order valence-electron chi connectivity index (χ0n) is 13.9. The van der Waals surface area contributed by atoms with Crippen molar-refractivity contribution in [2.24, 2.45) is 0 Å². The van der Waals surface area contributed by atoms with Gasteiger partial charge in [-0.1, -0.05) is 18.2 Å². The van der Waals surface area contributed by atoms with E-state index >= 15 is 0 Å². The van der Waals surface area contributed by atoms with Crippen LogP contribution in [-0.2, 0) is 17.6 Å². The molecule has 3 aromatic rings. The van der Waals surface area contributed by atoms with Crippen LogP contribution >= 0.6 is 0 Å². The average molecular weight is 338 g/mol. The number of aryl methyl sites for hydroxylation is 1. The third-order valence-corrected chi connectivity index (χ3v) is 4.11. The number of nitrogens with one attached hydrogen (secondary N) is 2. The van der Waals surface area contributed by atoms with E-state index in [-0.39, 0.29) is 23.7 Å². The van der Waals surface area contributed by atoms with Crippen molar-refractivity contribution < 1.29 is 9.18 Å². The Labute approximate surface area is 144 Å². The summed E-state index contributed by atoms with van der Waals surface area (Å²) in [4.78, 5) is 26.4. The van der Waals surface area contributed by atoms with E-state index in [0.717, 1.165) is 22.0 Å². The Kier molecular flexibility index (Phi) is 4.93. The van der Waals surface area contributed by atoms with Crippen molar-refractivity contribution >= 4 is 16.8 Å². The highest BCUT2D eigenvalue weighted by Gasteiger charge is 2.04. The number of amides is 1. The largest absolute Gasteiger partial charge is 0.355 e. The lowest BCUT2D eigenvalue weighted by Gasteiger charge is -2.07. The van der Waals surface area contributed by atoms with E-state index in [9.17, 15) is 14.0 Å². The van der Waals surface area contributed by atoms with Gasteiger partial charge in [-0.2, -0.15) is 0 Å². The molecular weight excluding hydrogens is 319 g/mol. The molecule has 1 aromatic heterocycles. The maximum Gasteiger partial charge on any atom is 0.251 e. The fourth-order valence-electron chi connectivity index (χ4n) is 2.72. The van der Waals surface area contributed by atoms with Gasteiger partial charge >= 0.3 is 0 Å². The molecule has 2 aromatic carbocycles. The molecule has 25 heavy (non-hydrogen) atoms. The Hall–Kier alpha value is -2.95. The van der Waals surface area contributed by atoms with Crippen molar-refractivity contribution in [3.63, 3.8) is 0 Å². The van der Waals surface area contributed by atoms with Crippen LogP contribution in [0, 0.1) is 12.7 Å². The molecule has 0 saturated carbocycles. The summed E-state index contributed by atoms with van der Waals surface area (Å²) in [5, 5.41) is 3.85. The molecule has 0 atom stereocenters. The average Bonchev–Trinajstić information content (AvgIpc) is 2.58. The molecule has 128 valence electrons. The maximum absolute atomic E-state index is 12.9. The van der Waals surface area contributed by atoms with Crippen molar-refractivity contribution in [1.82, 2.24) is 10.3 Å². The lowest BCUT2D eigenvalue weighted by molar-refractivity contribution is -0.120. The summed E-state index contributed by atoms with van der Waals surface area (Å²) < 4.78 is 12.9. The monoisotopic (exact) mass is 338 g/mol. The summed E-state index contributed by atoms with van der Waals surface area (Å²) in [7, 11) is 0. The first-order valence-corrected chi connectivity index (χ1v) is 8.15. The lowest BCUT2D eigenvalue weighted by Crippen LogP contribution is -2.27. The summed E-state index contributed by atoms with van der Waals surface area (Å²) in [6.45, 7) is 2.30. The number of pyridine rings is 1. The zero-order valence-corrected chi connectivity index (χ0v) is 13.9. The second kappa shape index (κ2) is 7.30. The van der Waals surface area contributed by atoms with Crippen LogP contribution in [0.25, 0.3) is 10.9 Å². The number of carbonyl (C=O) groups excluding carboxylic acids is 1. The van der Waals surface area contributed by atoms with Crippen LogP contribution in [0.4, 0.5) is 4.39 Å². The molecule has 0 aliphatic carbocycles. The topological polar surface area (TPSA) is 62.0 Å². The van der Waals surface area contributed by atoms with Crippen LogP contribution < -0.4 is 10.9 Å². The normalized spacial score (nSPS) is 10.8. The second-order valence-corrected chi connectivity index (χ2v) is 6.11. The van der Waals surface area contributed by atoms with Gasteiger partial charge < -0.3 is 10.3 Å². The SMILES string of the molecule is Cc1cc2cc(CCNC(=O)Cc3ccc(F)cc3)ccc2[nH]c1=O.